The van der Waals surface area contributed by atoms with Crippen LogP contribution in [0.5, 0.6) is 0 Å². The zero-order valence-electron chi connectivity index (χ0n) is 12.0. The van der Waals surface area contributed by atoms with E-state index in [1.807, 2.05) is 0 Å². The summed E-state index contributed by atoms with van der Waals surface area (Å²) >= 11 is 0. The van der Waals surface area contributed by atoms with Gasteiger partial charge >= 0.3 is 0 Å². The van der Waals surface area contributed by atoms with Crippen LogP contribution in [-0.2, 0) is 13.0 Å². The van der Waals surface area contributed by atoms with E-state index in [0.29, 0.717) is 6.04 Å². The van der Waals surface area contributed by atoms with Crippen molar-refractivity contribution in [3.63, 3.8) is 0 Å². The lowest BCUT2D eigenvalue weighted by Gasteiger charge is -2.49. The summed E-state index contributed by atoms with van der Waals surface area (Å²) in [6.07, 6.45) is 0.934. The Balaban J connectivity index is 1.69. The Morgan fingerprint density at radius 1 is 1.37 bits per heavy atom. The fourth-order valence-electron chi connectivity index (χ4n) is 3.48. The van der Waals surface area contributed by atoms with E-state index in [-0.39, 0.29) is 6.04 Å². The normalized spacial score (nSPS) is 31.6. The summed E-state index contributed by atoms with van der Waals surface area (Å²) in [6.45, 7) is 11.1. The van der Waals surface area contributed by atoms with Crippen LogP contribution in [0.2, 0.25) is 0 Å². The van der Waals surface area contributed by atoms with E-state index in [0.717, 1.165) is 25.2 Å². The third kappa shape index (κ3) is 2.55. The van der Waals surface area contributed by atoms with Crippen molar-refractivity contribution in [2.75, 3.05) is 32.7 Å². The Kier molecular flexibility index (Phi) is 3.60. The van der Waals surface area contributed by atoms with Gasteiger partial charge < -0.3 is 5.73 Å². The molecule has 5 heteroatoms. The Bertz CT molecular complexity index is 433. The lowest BCUT2D eigenvalue weighted by atomic mass is 9.97. The molecule has 0 radical (unpaired) electrons. The van der Waals surface area contributed by atoms with Gasteiger partial charge in [0.15, 0.2) is 0 Å². The monoisotopic (exact) mass is 263 g/mol. The van der Waals surface area contributed by atoms with Gasteiger partial charge in [-0.1, -0.05) is 0 Å². The Morgan fingerprint density at radius 3 is 2.68 bits per heavy atom. The molecule has 1 aromatic heterocycles. The molecule has 1 aromatic rings. The second-order valence-electron chi connectivity index (χ2n) is 5.86. The van der Waals surface area contributed by atoms with Crippen LogP contribution in [-0.4, -0.2) is 64.4 Å². The SMILES string of the molecule is CCn1nc(C)cc1CC(N)C1CN2CCN1CC2. The number of nitrogens with zero attached hydrogens (tertiary/aromatic N) is 4. The highest BCUT2D eigenvalue weighted by Gasteiger charge is 2.35. The van der Waals surface area contributed by atoms with Crippen LogP contribution in [0.25, 0.3) is 0 Å². The molecule has 4 rings (SSSR count). The fourth-order valence-corrected chi connectivity index (χ4v) is 3.48. The number of piperazine rings is 3. The third-order valence-corrected chi connectivity index (χ3v) is 4.55. The van der Waals surface area contributed by atoms with Crippen molar-refractivity contribution in [2.24, 2.45) is 5.73 Å². The van der Waals surface area contributed by atoms with Gasteiger partial charge in [-0.05, 0) is 19.9 Å². The Labute approximate surface area is 115 Å². The van der Waals surface area contributed by atoms with E-state index in [9.17, 15) is 0 Å². The maximum Gasteiger partial charge on any atom is 0.0596 e. The van der Waals surface area contributed by atoms with Gasteiger partial charge in [-0.2, -0.15) is 5.10 Å². The first-order valence-corrected chi connectivity index (χ1v) is 7.42. The molecule has 3 aliphatic heterocycles. The van der Waals surface area contributed by atoms with Gasteiger partial charge in [0.2, 0.25) is 0 Å². The predicted molar refractivity (Wildman–Crippen MR) is 76.1 cm³/mol. The van der Waals surface area contributed by atoms with Crippen LogP contribution in [0.4, 0.5) is 0 Å². The molecular weight excluding hydrogens is 238 g/mol. The number of aromatic nitrogens is 2. The molecule has 2 unspecified atom stereocenters. The highest BCUT2D eigenvalue weighted by Crippen LogP contribution is 2.19. The summed E-state index contributed by atoms with van der Waals surface area (Å²) in [5, 5.41) is 4.51. The first-order valence-electron chi connectivity index (χ1n) is 7.42. The maximum absolute atomic E-state index is 6.49. The van der Waals surface area contributed by atoms with Gasteiger partial charge in [0.1, 0.15) is 0 Å². The Hall–Kier alpha value is -0.910. The first kappa shape index (κ1) is 13.1. The molecule has 2 bridgehead atoms. The standard InChI is InChI=1S/C14H25N5/c1-3-19-12(8-11(2)16-19)9-13(15)14-10-17-4-6-18(14)7-5-17/h8,13-14H,3-7,9-10,15H2,1-2H3. The van der Waals surface area contributed by atoms with Crippen LogP contribution in [0.3, 0.4) is 0 Å². The number of nitrogens with two attached hydrogens (primary N) is 1. The van der Waals surface area contributed by atoms with Crippen molar-refractivity contribution < 1.29 is 0 Å². The highest BCUT2D eigenvalue weighted by atomic mass is 15.4. The largest absolute Gasteiger partial charge is 0.326 e. The zero-order chi connectivity index (χ0) is 13.4. The second-order valence-corrected chi connectivity index (χ2v) is 5.86. The van der Waals surface area contributed by atoms with Gasteiger partial charge in [-0.3, -0.25) is 14.5 Å². The van der Waals surface area contributed by atoms with Crippen molar-refractivity contribution in [3.05, 3.63) is 17.5 Å². The summed E-state index contributed by atoms with van der Waals surface area (Å²) in [5.74, 6) is 0. The third-order valence-electron chi connectivity index (χ3n) is 4.55. The molecule has 0 spiro atoms. The van der Waals surface area contributed by atoms with Crippen LogP contribution in [0, 0.1) is 6.92 Å². The molecule has 0 aliphatic carbocycles. The van der Waals surface area contributed by atoms with Gasteiger partial charge in [0, 0.05) is 63.5 Å². The molecule has 3 aliphatic rings. The molecule has 3 fully saturated rings. The average Bonchev–Trinajstić information content (AvgIpc) is 2.80. The minimum absolute atomic E-state index is 0.212. The lowest BCUT2D eigenvalue weighted by molar-refractivity contribution is 0.00235. The van der Waals surface area contributed by atoms with Gasteiger partial charge in [-0.25, -0.2) is 0 Å². The molecule has 5 nitrogen and oxygen atoms in total. The smallest absolute Gasteiger partial charge is 0.0596 e. The number of hydrogen-bond acceptors (Lipinski definition) is 4. The molecule has 2 atom stereocenters. The number of rotatable bonds is 4. The zero-order valence-corrected chi connectivity index (χ0v) is 12.0. The van der Waals surface area contributed by atoms with Gasteiger partial charge in [0.05, 0.1) is 5.69 Å². The molecule has 19 heavy (non-hydrogen) atoms. The quantitative estimate of drug-likeness (QED) is 0.836. The molecule has 3 saturated heterocycles. The Morgan fingerprint density at radius 2 is 2.11 bits per heavy atom. The van der Waals surface area contributed by atoms with Crippen molar-refractivity contribution in [1.82, 2.24) is 19.6 Å². The number of hydrogen-bond donors (Lipinski definition) is 1. The van der Waals surface area contributed by atoms with E-state index in [1.165, 1.54) is 31.9 Å². The topological polar surface area (TPSA) is 50.3 Å². The summed E-state index contributed by atoms with van der Waals surface area (Å²) in [5.41, 5.74) is 8.87. The van der Waals surface area contributed by atoms with Crippen molar-refractivity contribution in [3.8, 4) is 0 Å². The van der Waals surface area contributed by atoms with E-state index in [4.69, 9.17) is 5.73 Å². The molecule has 0 saturated carbocycles. The fraction of sp³-hybridized carbons (Fsp3) is 0.786. The average molecular weight is 263 g/mol. The summed E-state index contributed by atoms with van der Waals surface area (Å²) < 4.78 is 2.09. The molecule has 0 aromatic carbocycles. The molecule has 2 N–H and O–H groups in total. The van der Waals surface area contributed by atoms with Crippen molar-refractivity contribution in [2.45, 2.75) is 38.9 Å². The lowest BCUT2D eigenvalue weighted by Crippen LogP contribution is -2.66. The van der Waals surface area contributed by atoms with E-state index < -0.39 is 0 Å². The minimum atomic E-state index is 0.212. The van der Waals surface area contributed by atoms with Crippen LogP contribution in [0.15, 0.2) is 6.07 Å². The van der Waals surface area contributed by atoms with Crippen molar-refractivity contribution in [1.29, 1.82) is 0 Å². The minimum Gasteiger partial charge on any atom is -0.326 e. The van der Waals surface area contributed by atoms with E-state index in [2.05, 4.69) is 39.5 Å². The summed E-state index contributed by atoms with van der Waals surface area (Å²) in [7, 11) is 0. The van der Waals surface area contributed by atoms with E-state index >= 15 is 0 Å². The summed E-state index contributed by atoms with van der Waals surface area (Å²) in [4.78, 5) is 5.12. The number of fused-ring (bicyclic) bond motifs is 3. The second kappa shape index (κ2) is 5.23. The summed E-state index contributed by atoms with van der Waals surface area (Å²) in [6, 6.07) is 2.91. The van der Waals surface area contributed by atoms with Crippen LogP contribution < -0.4 is 5.73 Å². The highest BCUT2D eigenvalue weighted by molar-refractivity contribution is 5.12. The first-order chi connectivity index (χ1) is 9.17. The molecule has 0 amide bonds. The molecular formula is C14H25N5. The van der Waals surface area contributed by atoms with Gasteiger partial charge in [-0.15, -0.1) is 0 Å². The van der Waals surface area contributed by atoms with Crippen LogP contribution in [0.1, 0.15) is 18.3 Å². The van der Waals surface area contributed by atoms with Crippen LogP contribution >= 0.6 is 0 Å². The molecule has 4 heterocycles. The van der Waals surface area contributed by atoms with Crippen molar-refractivity contribution >= 4 is 0 Å². The maximum atomic E-state index is 6.49. The van der Waals surface area contributed by atoms with E-state index in [1.54, 1.807) is 0 Å². The van der Waals surface area contributed by atoms with Gasteiger partial charge in [0.25, 0.3) is 0 Å². The predicted octanol–water partition coefficient (Wildman–Crippen LogP) is 0.0810. The number of aryl methyl sites for hydroxylation is 2. The molecule has 106 valence electrons.